The number of likely N-dealkylation sites (N-methyl/N-ethyl adjacent to an activating group) is 1. The van der Waals surface area contributed by atoms with Gasteiger partial charge >= 0.3 is 6.09 Å². The highest BCUT2D eigenvalue weighted by molar-refractivity contribution is 5.98. The van der Waals surface area contributed by atoms with Crippen molar-refractivity contribution in [1.29, 1.82) is 0 Å². The van der Waals surface area contributed by atoms with Crippen LogP contribution in [0.4, 0.5) is 20.6 Å². The molecule has 0 aliphatic carbocycles. The second-order valence-electron chi connectivity index (χ2n) is 8.74. The zero-order chi connectivity index (χ0) is 23.3. The van der Waals surface area contributed by atoms with Gasteiger partial charge in [0.1, 0.15) is 29.4 Å². The molecule has 1 amide bonds. The third-order valence-electron chi connectivity index (χ3n) is 5.08. The molecule has 10 nitrogen and oxygen atoms in total. The van der Waals surface area contributed by atoms with Gasteiger partial charge in [-0.1, -0.05) is 6.07 Å². The summed E-state index contributed by atoms with van der Waals surface area (Å²) in [4.78, 5) is 19.0. The Morgan fingerprint density at radius 2 is 2.06 bits per heavy atom. The molecule has 0 unspecified atom stereocenters. The number of halogens is 1. The maximum atomic E-state index is 14.2. The Morgan fingerprint density at radius 1 is 1.24 bits per heavy atom. The molecule has 1 N–H and O–H groups in total. The first kappa shape index (κ1) is 20.9. The Bertz CT molecular complexity index is 1400. The van der Waals surface area contributed by atoms with Gasteiger partial charge in [-0.2, -0.15) is 9.61 Å². The zero-order valence-corrected chi connectivity index (χ0v) is 18.6. The van der Waals surface area contributed by atoms with Gasteiger partial charge in [0.25, 0.3) is 0 Å². The van der Waals surface area contributed by atoms with Gasteiger partial charge in [-0.05, 0) is 39.0 Å². The summed E-state index contributed by atoms with van der Waals surface area (Å²) in [6.45, 7) is 6.52. The standard InChI is InChI=1S/C22H22FN7O3/c1-22(2,3)33-21(31)26-15-10-13(23)9-12-5-6-14(25-17(12)15)19-27-28-20-18-16(11-24-30(19)20)29(4)7-8-32-18/h5-6,9-11H,7-8H2,1-4H3,(H,26,31). The van der Waals surface area contributed by atoms with Crippen molar-refractivity contribution in [3.8, 4) is 17.3 Å². The van der Waals surface area contributed by atoms with Crippen molar-refractivity contribution in [2.75, 3.05) is 30.4 Å². The van der Waals surface area contributed by atoms with E-state index < -0.39 is 17.5 Å². The third kappa shape index (κ3) is 3.86. The van der Waals surface area contributed by atoms with Crippen molar-refractivity contribution in [3.63, 3.8) is 0 Å². The van der Waals surface area contributed by atoms with Crippen LogP contribution in [0.2, 0.25) is 0 Å². The van der Waals surface area contributed by atoms with E-state index in [-0.39, 0.29) is 5.69 Å². The molecule has 170 valence electrons. The Labute approximate surface area is 188 Å². The molecule has 33 heavy (non-hydrogen) atoms. The van der Waals surface area contributed by atoms with E-state index in [1.54, 1.807) is 43.6 Å². The first-order valence-electron chi connectivity index (χ1n) is 10.4. The summed E-state index contributed by atoms with van der Waals surface area (Å²) < 4.78 is 26.8. The fourth-order valence-corrected chi connectivity index (χ4v) is 3.62. The number of nitrogens with zero attached hydrogens (tertiary/aromatic N) is 6. The highest BCUT2D eigenvalue weighted by atomic mass is 19.1. The Morgan fingerprint density at radius 3 is 2.85 bits per heavy atom. The van der Waals surface area contributed by atoms with Gasteiger partial charge in [-0.3, -0.25) is 5.32 Å². The molecule has 3 aromatic heterocycles. The predicted octanol–water partition coefficient (Wildman–Crippen LogP) is 3.65. The lowest BCUT2D eigenvalue weighted by molar-refractivity contribution is 0.0636. The van der Waals surface area contributed by atoms with Gasteiger partial charge in [-0.15, -0.1) is 10.2 Å². The first-order valence-corrected chi connectivity index (χ1v) is 10.4. The number of hydrogen-bond acceptors (Lipinski definition) is 8. The average Bonchev–Trinajstić information content (AvgIpc) is 3.17. The fourth-order valence-electron chi connectivity index (χ4n) is 3.62. The Balaban J connectivity index is 1.59. The van der Waals surface area contributed by atoms with Crippen molar-refractivity contribution >= 4 is 34.0 Å². The second kappa shape index (κ2) is 7.54. The molecule has 0 fully saturated rings. The SMILES string of the molecule is CN1CCOc2c1cnn1c(-c3ccc4cc(F)cc(NC(=O)OC(C)(C)C)c4n3)nnc21. The van der Waals surface area contributed by atoms with Gasteiger partial charge in [0, 0.05) is 12.4 Å². The molecule has 0 bridgehead atoms. The average molecular weight is 451 g/mol. The van der Waals surface area contributed by atoms with Gasteiger partial charge < -0.3 is 14.4 Å². The van der Waals surface area contributed by atoms with Crippen molar-refractivity contribution in [3.05, 3.63) is 36.3 Å². The number of ether oxygens (including phenoxy) is 2. The molecule has 1 aromatic carbocycles. The lowest BCUT2D eigenvalue weighted by Crippen LogP contribution is -2.29. The molecule has 0 radical (unpaired) electrons. The van der Waals surface area contributed by atoms with Gasteiger partial charge in [0.15, 0.2) is 5.75 Å². The molecular weight excluding hydrogens is 429 g/mol. The normalized spacial score (nSPS) is 13.7. The van der Waals surface area contributed by atoms with E-state index in [0.717, 1.165) is 12.2 Å². The minimum absolute atomic E-state index is 0.185. The molecule has 4 aromatic rings. The van der Waals surface area contributed by atoms with Crippen LogP contribution in [0.15, 0.2) is 30.5 Å². The molecule has 0 saturated heterocycles. The van der Waals surface area contributed by atoms with Crippen molar-refractivity contribution in [2.24, 2.45) is 0 Å². The second-order valence-corrected chi connectivity index (χ2v) is 8.74. The number of nitrogens with one attached hydrogen (secondary N) is 1. The summed E-state index contributed by atoms with van der Waals surface area (Å²) in [6, 6.07) is 5.93. The zero-order valence-electron chi connectivity index (χ0n) is 18.6. The maximum Gasteiger partial charge on any atom is 0.412 e. The lowest BCUT2D eigenvalue weighted by Gasteiger charge is -2.26. The number of amides is 1. The van der Waals surface area contributed by atoms with Gasteiger partial charge in [-0.25, -0.2) is 14.2 Å². The van der Waals surface area contributed by atoms with E-state index in [0.29, 0.717) is 40.4 Å². The maximum absolute atomic E-state index is 14.2. The van der Waals surface area contributed by atoms with Crippen LogP contribution in [0.5, 0.6) is 5.75 Å². The van der Waals surface area contributed by atoms with E-state index in [1.807, 2.05) is 11.9 Å². The smallest absolute Gasteiger partial charge is 0.412 e. The topological polar surface area (TPSA) is 107 Å². The molecule has 0 saturated carbocycles. The largest absolute Gasteiger partial charge is 0.486 e. The molecular formula is C22H22FN7O3. The number of rotatable bonds is 2. The molecule has 5 rings (SSSR count). The summed E-state index contributed by atoms with van der Waals surface area (Å²) in [5.41, 5.74) is 1.62. The van der Waals surface area contributed by atoms with Gasteiger partial charge in [0.2, 0.25) is 11.5 Å². The van der Waals surface area contributed by atoms with Crippen LogP contribution >= 0.6 is 0 Å². The van der Waals surface area contributed by atoms with Crippen LogP contribution in [0.1, 0.15) is 20.8 Å². The molecule has 0 atom stereocenters. The van der Waals surface area contributed by atoms with E-state index in [2.05, 4.69) is 25.6 Å². The van der Waals surface area contributed by atoms with E-state index >= 15 is 0 Å². The number of anilines is 2. The monoisotopic (exact) mass is 451 g/mol. The number of pyridine rings is 1. The Kier molecular flexibility index (Phi) is 4.76. The first-order chi connectivity index (χ1) is 15.7. The highest BCUT2D eigenvalue weighted by Gasteiger charge is 2.23. The fraction of sp³-hybridized carbons (Fsp3) is 0.318. The molecule has 1 aliphatic heterocycles. The number of carbonyl (C=O) groups is 1. The van der Waals surface area contributed by atoms with Crippen molar-refractivity contribution in [1.82, 2.24) is 24.8 Å². The quantitative estimate of drug-likeness (QED) is 0.492. The van der Waals surface area contributed by atoms with E-state index in [1.165, 1.54) is 12.1 Å². The number of fused-ring (bicyclic) bond motifs is 4. The highest BCUT2D eigenvalue weighted by Crippen LogP contribution is 2.34. The number of benzene rings is 1. The summed E-state index contributed by atoms with van der Waals surface area (Å²) in [6.07, 6.45) is 0.990. The number of aromatic nitrogens is 5. The van der Waals surface area contributed by atoms with E-state index in [9.17, 15) is 9.18 Å². The minimum atomic E-state index is -0.705. The van der Waals surface area contributed by atoms with Crippen LogP contribution in [0.3, 0.4) is 0 Å². The molecule has 4 heterocycles. The van der Waals surface area contributed by atoms with Crippen molar-refractivity contribution in [2.45, 2.75) is 26.4 Å². The van der Waals surface area contributed by atoms with Crippen molar-refractivity contribution < 1.29 is 18.7 Å². The van der Waals surface area contributed by atoms with Crippen LogP contribution in [0, 0.1) is 5.82 Å². The van der Waals surface area contributed by atoms with Gasteiger partial charge in [0.05, 0.1) is 23.9 Å². The summed E-state index contributed by atoms with van der Waals surface area (Å²) >= 11 is 0. The Hall–Kier alpha value is -4.02. The van der Waals surface area contributed by atoms with E-state index in [4.69, 9.17) is 9.47 Å². The van der Waals surface area contributed by atoms with Crippen LogP contribution < -0.4 is 15.0 Å². The molecule has 1 aliphatic rings. The predicted molar refractivity (Wildman–Crippen MR) is 120 cm³/mol. The number of carbonyl (C=O) groups excluding carboxylic acids is 1. The molecule has 11 heteroatoms. The minimum Gasteiger partial charge on any atom is -0.486 e. The molecule has 0 spiro atoms. The summed E-state index contributed by atoms with van der Waals surface area (Å²) in [5, 5.41) is 16.1. The summed E-state index contributed by atoms with van der Waals surface area (Å²) in [5.74, 6) is 0.484. The van der Waals surface area contributed by atoms with Crippen LogP contribution in [-0.4, -0.2) is 56.7 Å². The summed E-state index contributed by atoms with van der Waals surface area (Å²) in [7, 11) is 1.96. The lowest BCUT2D eigenvalue weighted by atomic mass is 10.1. The number of hydrogen-bond donors (Lipinski definition) is 1. The van der Waals surface area contributed by atoms with Crippen LogP contribution in [0.25, 0.3) is 28.1 Å². The van der Waals surface area contributed by atoms with Crippen LogP contribution in [-0.2, 0) is 4.74 Å². The third-order valence-corrected chi connectivity index (χ3v) is 5.08.